The third kappa shape index (κ3) is 3.71. The summed E-state index contributed by atoms with van der Waals surface area (Å²) in [6, 6.07) is -0.728. The summed E-state index contributed by atoms with van der Waals surface area (Å²) >= 11 is 0. The van der Waals surface area contributed by atoms with Gasteiger partial charge in [0, 0.05) is 13.0 Å². The van der Waals surface area contributed by atoms with E-state index >= 15 is 0 Å². The lowest BCUT2D eigenvalue weighted by Gasteiger charge is -2.21. The van der Waals surface area contributed by atoms with Crippen molar-refractivity contribution in [2.75, 3.05) is 13.1 Å². The Balaban J connectivity index is 1.73. The number of carboxylic acid groups (broad SMARTS) is 1. The fourth-order valence-electron chi connectivity index (χ4n) is 3.15. The molecule has 1 aliphatic carbocycles. The molecule has 112 valence electrons. The van der Waals surface area contributed by atoms with Crippen LogP contribution in [0.25, 0.3) is 0 Å². The van der Waals surface area contributed by atoms with Gasteiger partial charge in [-0.2, -0.15) is 0 Å². The van der Waals surface area contributed by atoms with Gasteiger partial charge in [0.05, 0.1) is 6.54 Å². The highest BCUT2D eigenvalue weighted by molar-refractivity contribution is 5.88. The van der Waals surface area contributed by atoms with E-state index in [0.717, 1.165) is 12.8 Å². The Morgan fingerprint density at radius 3 is 2.45 bits per heavy atom. The highest BCUT2D eigenvalue weighted by atomic mass is 16.4. The first-order valence-corrected chi connectivity index (χ1v) is 7.37. The van der Waals surface area contributed by atoms with Crippen LogP contribution in [0.15, 0.2) is 0 Å². The predicted octanol–water partition coefficient (Wildman–Crippen LogP) is 0.758. The molecule has 1 aliphatic heterocycles. The Morgan fingerprint density at radius 1 is 1.10 bits per heavy atom. The number of likely N-dealkylation sites (tertiary alicyclic amines) is 1. The molecule has 2 amide bonds. The van der Waals surface area contributed by atoms with Gasteiger partial charge in [-0.3, -0.25) is 9.59 Å². The van der Waals surface area contributed by atoms with Crippen molar-refractivity contribution in [1.29, 1.82) is 0 Å². The van der Waals surface area contributed by atoms with E-state index in [4.69, 9.17) is 5.11 Å². The summed E-state index contributed by atoms with van der Waals surface area (Å²) in [5, 5.41) is 11.6. The molecule has 0 radical (unpaired) electrons. The highest BCUT2D eigenvalue weighted by Crippen LogP contribution is 2.27. The Labute approximate surface area is 118 Å². The van der Waals surface area contributed by atoms with Crippen molar-refractivity contribution in [1.82, 2.24) is 10.2 Å². The van der Waals surface area contributed by atoms with Gasteiger partial charge < -0.3 is 15.3 Å². The summed E-state index contributed by atoms with van der Waals surface area (Å²) in [5.41, 5.74) is 0. The van der Waals surface area contributed by atoms with Crippen molar-refractivity contribution in [3.63, 3.8) is 0 Å². The standard InChI is InChI=1S/C14H22N2O4/c17-12(8-10-4-1-2-5-10)15-9-13(18)16-7-3-6-11(16)14(19)20/h10-11H,1-9H2,(H,15,17)(H,19,20)/t11-/m1/s1. The van der Waals surface area contributed by atoms with Gasteiger partial charge >= 0.3 is 5.97 Å². The average Bonchev–Trinajstić information content (AvgIpc) is 3.06. The van der Waals surface area contributed by atoms with Gasteiger partial charge in [0.1, 0.15) is 6.04 Å². The maximum Gasteiger partial charge on any atom is 0.326 e. The normalized spacial score (nSPS) is 23.0. The lowest BCUT2D eigenvalue weighted by Crippen LogP contribution is -2.45. The SMILES string of the molecule is O=C(CC1CCCC1)NCC(=O)N1CCC[C@@H]1C(=O)O. The molecule has 6 nitrogen and oxygen atoms in total. The number of amides is 2. The van der Waals surface area contributed by atoms with Gasteiger partial charge in [-0.1, -0.05) is 12.8 Å². The van der Waals surface area contributed by atoms with E-state index in [-0.39, 0.29) is 18.4 Å². The molecule has 0 unspecified atom stereocenters. The second kappa shape index (κ2) is 6.72. The lowest BCUT2D eigenvalue weighted by atomic mass is 10.0. The van der Waals surface area contributed by atoms with Crippen LogP contribution in [0, 0.1) is 5.92 Å². The number of hydrogen-bond donors (Lipinski definition) is 2. The predicted molar refractivity (Wildman–Crippen MR) is 72.0 cm³/mol. The molecule has 20 heavy (non-hydrogen) atoms. The van der Waals surface area contributed by atoms with E-state index in [9.17, 15) is 14.4 Å². The smallest absolute Gasteiger partial charge is 0.326 e. The molecule has 2 aliphatic rings. The minimum atomic E-state index is -0.965. The number of aliphatic carboxylic acids is 1. The zero-order valence-corrected chi connectivity index (χ0v) is 11.6. The Kier molecular flexibility index (Phi) is 4.98. The van der Waals surface area contributed by atoms with E-state index in [1.54, 1.807) is 0 Å². The molecule has 1 saturated heterocycles. The van der Waals surface area contributed by atoms with Crippen LogP contribution in [-0.4, -0.2) is 46.9 Å². The quantitative estimate of drug-likeness (QED) is 0.779. The molecule has 1 saturated carbocycles. The largest absolute Gasteiger partial charge is 0.480 e. The van der Waals surface area contributed by atoms with Crippen LogP contribution < -0.4 is 5.32 Å². The van der Waals surface area contributed by atoms with Gasteiger partial charge in [-0.25, -0.2) is 4.79 Å². The third-order valence-corrected chi connectivity index (χ3v) is 4.24. The van der Waals surface area contributed by atoms with Crippen molar-refractivity contribution in [2.45, 2.75) is 51.0 Å². The second-order valence-corrected chi connectivity index (χ2v) is 5.71. The van der Waals surface area contributed by atoms with E-state index in [0.29, 0.717) is 31.7 Å². The Morgan fingerprint density at radius 2 is 1.80 bits per heavy atom. The average molecular weight is 282 g/mol. The summed E-state index contributed by atoms with van der Waals surface area (Å²) in [7, 11) is 0. The van der Waals surface area contributed by atoms with Crippen LogP contribution in [0.1, 0.15) is 44.9 Å². The van der Waals surface area contributed by atoms with Crippen molar-refractivity contribution < 1.29 is 19.5 Å². The van der Waals surface area contributed by atoms with Crippen LogP contribution in [0.2, 0.25) is 0 Å². The maximum atomic E-state index is 11.9. The molecule has 2 fully saturated rings. The van der Waals surface area contributed by atoms with Crippen LogP contribution in [0.3, 0.4) is 0 Å². The van der Waals surface area contributed by atoms with Crippen LogP contribution in [0.4, 0.5) is 0 Å². The zero-order valence-electron chi connectivity index (χ0n) is 11.6. The van der Waals surface area contributed by atoms with Crippen molar-refractivity contribution >= 4 is 17.8 Å². The Bertz CT molecular complexity index is 391. The Hall–Kier alpha value is -1.59. The highest BCUT2D eigenvalue weighted by Gasteiger charge is 2.33. The first-order chi connectivity index (χ1) is 9.58. The van der Waals surface area contributed by atoms with Gasteiger partial charge in [-0.05, 0) is 31.6 Å². The number of carbonyl (C=O) groups is 3. The summed E-state index contributed by atoms with van der Waals surface area (Å²) in [4.78, 5) is 36.0. The molecule has 1 heterocycles. The van der Waals surface area contributed by atoms with E-state index in [1.807, 2.05) is 0 Å². The molecule has 0 aromatic carbocycles. The number of nitrogens with zero attached hydrogens (tertiary/aromatic N) is 1. The molecule has 0 bridgehead atoms. The van der Waals surface area contributed by atoms with Crippen molar-refractivity contribution in [3.05, 3.63) is 0 Å². The molecular formula is C14H22N2O4. The molecule has 0 aromatic rings. The molecule has 2 rings (SSSR count). The maximum absolute atomic E-state index is 11.9. The summed E-state index contributed by atoms with van der Waals surface area (Å²) in [6.07, 6.45) is 6.24. The minimum absolute atomic E-state index is 0.0880. The van der Waals surface area contributed by atoms with E-state index in [1.165, 1.54) is 17.7 Å². The first-order valence-electron chi connectivity index (χ1n) is 7.37. The van der Waals surface area contributed by atoms with E-state index < -0.39 is 12.0 Å². The fourth-order valence-corrected chi connectivity index (χ4v) is 3.15. The van der Waals surface area contributed by atoms with Crippen molar-refractivity contribution in [2.24, 2.45) is 5.92 Å². The fraction of sp³-hybridized carbons (Fsp3) is 0.786. The zero-order chi connectivity index (χ0) is 14.5. The van der Waals surface area contributed by atoms with Gasteiger partial charge in [0.2, 0.25) is 11.8 Å². The summed E-state index contributed by atoms with van der Waals surface area (Å²) in [5.74, 6) is -0.914. The number of nitrogens with one attached hydrogen (secondary N) is 1. The molecule has 1 atom stereocenters. The van der Waals surface area contributed by atoms with Gasteiger partial charge in [0.25, 0.3) is 0 Å². The number of carboxylic acids is 1. The third-order valence-electron chi connectivity index (χ3n) is 4.24. The molecule has 0 spiro atoms. The van der Waals surface area contributed by atoms with Crippen molar-refractivity contribution in [3.8, 4) is 0 Å². The topological polar surface area (TPSA) is 86.7 Å². The lowest BCUT2D eigenvalue weighted by molar-refractivity contribution is -0.148. The number of rotatable bonds is 5. The molecule has 6 heteroatoms. The van der Waals surface area contributed by atoms with Gasteiger partial charge in [-0.15, -0.1) is 0 Å². The second-order valence-electron chi connectivity index (χ2n) is 5.71. The van der Waals surface area contributed by atoms with E-state index in [2.05, 4.69) is 5.32 Å². The number of carbonyl (C=O) groups excluding carboxylic acids is 2. The minimum Gasteiger partial charge on any atom is -0.480 e. The molecule has 2 N–H and O–H groups in total. The first kappa shape index (κ1) is 14.8. The summed E-state index contributed by atoms with van der Waals surface area (Å²) < 4.78 is 0. The molecule has 0 aromatic heterocycles. The number of hydrogen-bond acceptors (Lipinski definition) is 3. The monoisotopic (exact) mass is 282 g/mol. The van der Waals surface area contributed by atoms with Crippen LogP contribution in [0.5, 0.6) is 0 Å². The van der Waals surface area contributed by atoms with Crippen LogP contribution >= 0.6 is 0 Å². The molecular weight excluding hydrogens is 260 g/mol. The van der Waals surface area contributed by atoms with Gasteiger partial charge in [0.15, 0.2) is 0 Å². The summed E-state index contributed by atoms with van der Waals surface area (Å²) in [6.45, 7) is 0.379. The van der Waals surface area contributed by atoms with Crippen LogP contribution in [-0.2, 0) is 14.4 Å².